The summed E-state index contributed by atoms with van der Waals surface area (Å²) in [4.78, 5) is 0. The van der Waals surface area contributed by atoms with Crippen LogP contribution in [0.4, 0.5) is 4.39 Å². The summed E-state index contributed by atoms with van der Waals surface area (Å²) in [6.45, 7) is 3.69. The molecule has 0 radical (unpaired) electrons. The Hall–Kier alpha value is -0.620. The second-order valence-corrected chi connectivity index (χ2v) is 9.19. The maximum Gasteiger partial charge on any atom is 0.153 e. The lowest BCUT2D eigenvalue weighted by atomic mass is 10.1. The largest absolute Gasteiger partial charge is 0.321 e. The average molecular weight is 298 g/mol. The van der Waals surface area contributed by atoms with Gasteiger partial charge in [-0.3, -0.25) is 0 Å². The van der Waals surface area contributed by atoms with Crippen LogP contribution in [0.5, 0.6) is 0 Å². The van der Waals surface area contributed by atoms with Gasteiger partial charge in [0.25, 0.3) is 0 Å². The lowest BCUT2D eigenvalue weighted by Gasteiger charge is -2.18. The highest BCUT2D eigenvalue weighted by Gasteiger charge is 2.28. The molecular weight excluding hydrogens is 270 g/mol. The Bertz CT molecular complexity index is 397. The van der Waals surface area contributed by atoms with Crippen LogP contribution in [0.25, 0.3) is 0 Å². The molecule has 1 aromatic carbocycles. The summed E-state index contributed by atoms with van der Waals surface area (Å²) in [7, 11) is -2.54. The van der Waals surface area contributed by atoms with Gasteiger partial charge in [-0.1, -0.05) is 63.4 Å². The Labute approximate surface area is 123 Å². The van der Waals surface area contributed by atoms with Crippen molar-refractivity contribution in [3.63, 3.8) is 0 Å². The zero-order valence-electron chi connectivity index (χ0n) is 12.9. The fourth-order valence-electron chi connectivity index (χ4n) is 2.50. The fraction of sp³-hybridized carbons (Fsp3) is 0.647. The number of hydrogen-bond donors (Lipinski definition) is 0. The minimum atomic E-state index is -2.54. The summed E-state index contributed by atoms with van der Waals surface area (Å²) < 4.78 is 26.1. The summed E-state index contributed by atoms with van der Waals surface area (Å²) in [5, 5.41) is 0. The van der Waals surface area contributed by atoms with Crippen LogP contribution in [-0.2, 0) is 11.0 Å². The summed E-state index contributed by atoms with van der Waals surface area (Å²) in [6.07, 6.45) is 6.76. The van der Waals surface area contributed by atoms with Crippen molar-refractivity contribution in [2.75, 3.05) is 12.3 Å². The Balaban J connectivity index is 2.12. The Morgan fingerprint density at radius 3 is 2.20 bits per heavy atom. The fourth-order valence-corrected chi connectivity index (χ4v) is 4.39. The molecule has 1 rings (SSSR count). The first-order valence-corrected chi connectivity index (χ1v) is 10.0. The van der Waals surface area contributed by atoms with E-state index in [1.165, 1.54) is 5.56 Å². The van der Waals surface area contributed by atoms with Crippen molar-refractivity contribution in [1.82, 2.24) is 0 Å². The third kappa shape index (κ3) is 5.79. The van der Waals surface area contributed by atoms with Crippen LogP contribution in [0.1, 0.15) is 51.5 Å². The van der Waals surface area contributed by atoms with Crippen molar-refractivity contribution in [3.05, 3.63) is 35.9 Å². The van der Waals surface area contributed by atoms with E-state index in [4.69, 9.17) is 0 Å². The van der Waals surface area contributed by atoms with Crippen molar-refractivity contribution in [1.29, 1.82) is 0 Å². The molecule has 0 heterocycles. The quantitative estimate of drug-likeness (QED) is 0.389. The van der Waals surface area contributed by atoms with Gasteiger partial charge >= 0.3 is 0 Å². The van der Waals surface area contributed by atoms with Gasteiger partial charge in [0.1, 0.15) is 7.14 Å². The molecule has 0 spiro atoms. The summed E-state index contributed by atoms with van der Waals surface area (Å²) >= 11 is 0. The molecule has 0 bridgehead atoms. The molecule has 0 saturated heterocycles. The van der Waals surface area contributed by atoms with Gasteiger partial charge in [0.15, 0.2) is 5.91 Å². The van der Waals surface area contributed by atoms with E-state index in [0.717, 1.165) is 32.1 Å². The van der Waals surface area contributed by atoms with Crippen molar-refractivity contribution < 1.29 is 8.96 Å². The Morgan fingerprint density at radius 2 is 1.60 bits per heavy atom. The molecule has 3 heteroatoms. The summed E-state index contributed by atoms with van der Waals surface area (Å²) in [5.41, 5.74) is 1.37. The molecule has 0 saturated carbocycles. The lowest BCUT2D eigenvalue weighted by molar-refractivity contribution is 0.384. The standard InChI is InChI=1S/C17H28FOP/c1-3-20(19,4-2)17(18)15-11-6-5-8-12-16-13-9-7-10-14-16/h7,9-10,13-14,17H,3-6,8,11-12,15H2,1-2H3. The summed E-state index contributed by atoms with van der Waals surface area (Å²) in [6, 6.07) is 10.5. The van der Waals surface area contributed by atoms with Crippen LogP contribution in [0, 0.1) is 0 Å². The van der Waals surface area contributed by atoms with Gasteiger partial charge in [-0.2, -0.15) is 0 Å². The molecule has 1 atom stereocenters. The molecule has 0 aliphatic carbocycles. The van der Waals surface area contributed by atoms with Crippen LogP contribution in [-0.4, -0.2) is 18.2 Å². The van der Waals surface area contributed by atoms with Crippen molar-refractivity contribution in [2.45, 2.75) is 58.3 Å². The third-order valence-electron chi connectivity index (χ3n) is 4.08. The van der Waals surface area contributed by atoms with Crippen LogP contribution >= 0.6 is 7.14 Å². The van der Waals surface area contributed by atoms with Crippen molar-refractivity contribution >= 4 is 7.14 Å². The predicted molar refractivity (Wildman–Crippen MR) is 86.8 cm³/mol. The monoisotopic (exact) mass is 298 g/mol. The third-order valence-corrected chi connectivity index (χ3v) is 7.50. The SMILES string of the molecule is CCP(=O)(CC)C(F)CCCCCCc1ccccc1. The smallest absolute Gasteiger partial charge is 0.153 e. The van der Waals surface area contributed by atoms with E-state index < -0.39 is 13.1 Å². The molecule has 1 aromatic rings. The minimum absolute atomic E-state index is 0.476. The van der Waals surface area contributed by atoms with E-state index in [-0.39, 0.29) is 0 Å². The zero-order valence-corrected chi connectivity index (χ0v) is 13.7. The van der Waals surface area contributed by atoms with Crippen molar-refractivity contribution in [3.8, 4) is 0 Å². The number of benzene rings is 1. The van der Waals surface area contributed by atoms with E-state index >= 15 is 0 Å². The normalized spacial score (nSPS) is 13.3. The van der Waals surface area contributed by atoms with Gasteiger partial charge in [-0.25, -0.2) is 4.39 Å². The van der Waals surface area contributed by atoms with Crippen LogP contribution in [0.2, 0.25) is 0 Å². The molecule has 0 aliphatic rings. The van der Waals surface area contributed by atoms with Gasteiger partial charge in [0.2, 0.25) is 0 Å². The number of rotatable bonds is 10. The van der Waals surface area contributed by atoms with Gasteiger partial charge < -0.3 is 4.57 Å². The van der Waals surface area contributed by atoms with E-state index in [1.807, 2.05) is 19.9 Å². The predicted octanol–water partition coefficient (Wildman–Crippen LogP) is 5.88. The summed E-state index contributed by atoms with van der Waals surface area (Å²) in [5.74, 6) is -1.08. The highest BCUT2D eigenvalue weighted by atomic mass is 31.2. The maximum atomic E-state index is 14.0. The molecule has 0 fully saturated rings. The van der Waals surface area contributed by atoms with Crippen molar-refractivity contribution in [2.24, 2.45) is 0 Å². The van der Waals surface area contributed by atoms with Gasteiger partial charge in [0.05, 0.1) is 0 Å². The zero-order chi connectivity index (χ0) is 14.8. The number of halogens is 1. The lowest BCUT2D eigenvalue weighted by Crippen LogP contribution is -2.06. The molecule has 114 valence electrons. The maximum absolute atomic E-state index is 14.0. The highest BCUT2D eigenvalue weighted by molar-refractivity contribution is 7.64. The van der Waals surface area contributed by atoms with Gasteiger partial charge in [-0.15, -0.1) is 0 Å². The molecule has 0 N–H and O–H groups in total. The van der Waals surface area contributed by atoms with E-state index in [9.17, 15) is 8.96 Å². The first-order valence-electron chi connectivity index (χ1n) is 7.88. The van der Waals surface area contributed by atoms with E-state index in [2.05, 4.69) is 24.3 Å². The number of hydrogen-bond acceptors (Lipinski definition) is 1. The van der Waals surface area contributed by atoms with E-state index in [0.29, 0.717) is 18.7 Å². The van der Waals surface area contributed by atoms with Gasteiger partial charge in [-0.05, 0) is 24.8 Å². The molecule has 1 nitrogen and oxygen atoms in total. The molecule has 0 aliphatic heterocycles. The second-order valence-electron chi connectivity index (χ2n) is 5.46. The number of alkyl halides is 1. The van der Waals surface area contributed by atoms with Crippen LogP contribution in [0.3, 0.4) is 0 Å². The first-order chi connectivity index (χ1) is 9.62. The molecular formula is C17H28FOP. The van der Waals surface area contributed by atoms with Gasteiger partial charge in [0, 0.05) is 12.3 Å². The molecule has 0 aromatic heterocycles. The molecule has 20 heavy (non-hydrogen) atoms. The van der Waals surface area contributed by atoms with E-state index in [1.54, 1.807) is 0 Å². The number of aryl methyl sites for hydroxylation is 1. The number of unbranched alkanes of at least 4 members (excludes halogenated alkanes) is 3. The molecule has 1 unspecified atom stereocenters. The second kappa shape index (κ2) is 9.34. The van der Waals surface area contributed by atoms with Crippen LogP contribution in [0.15, 0.2) is 30.3 Å². The van der Waals surface area contributed by atoms with Crippen LogP contribution < -0.4 is 0 Å². The average Bonchev–Trinajstić information content (AvgIpc) is 2.50. The highest BCUT2D eigenvalue weighted by Crippen LogP contribution is 2.52. The Morgan fingerprint density at radius 1 is 1.00 bits per heavy atom. The topological polar surface area (TPSA) is 17.1 Å². The minimum Gasteiger partial charge on any atom is -0.321 e. The molecule has 0 amide bonds. The Kier molecular flexibility index (Phi) is 8.14. The first kappa shape index (κ1) is 17.4.